The van der Waals surface area contributed by atoms with E-state index in [9.17, 15) is 9.18 Å². The number of nitrogens with zero attached hydrogens (tertiary/aromatic N) is 2. The number of halogens is 1. The molecule has 1 heterocycles. The number of carbonyl (C=O) groups is 1. The van der Waals surface area contributed by atoms with Crippen molar-refractivity contribution in [2.24, 2.45) is 0 Å². The van der Waals surface area contributed by atoms with Gasteiger partial charge in [-0.1, -0.05) is 0 Å². The Hall–Kier alpha value is -2.16. The van der Waals surface area contributed by atoms with Crippen molar-refractivity contribution in [3.63, 3.8) is 0 Å². The Labute approximate surface area is 97.8 Å². The zero-order valence-electron chi connectivity index (χ0n) is 9.44. The van der Waals surface area contributed by atoms with Gasteiger partial charge in [0.1, 0.15) is 5.82 Å². The van der Waals surface area contributed by atoms with E-state index in [2.05, 4.69) is 9.72 Å². The smallest absolute Gasteiger partial charge is 0.328 e. The summed E-state index contributed by atoms with van der Waals surface area (Å²) in [6.07, 6.45) is 0.901. The lowest BCUT2D eigenvalue weighted by atomic mass is 10.0. The van der Waals surface area contributed by atoms with Gasteiger partial charge in [0.15, 0.2) is 5.92 Å². The van der Waals surface area contributed by atoms with Gasteiger partial charge in [0, 0.05) is 11.6 Å². The molecule has 0 saturated carbocycles. The summed E-state index contributed by atoms with van der Waals surface area (Å²) in [6, 6.07) is 2.91. The van der Waals surface area contributed by atoms with Crippen LogP contribution in [-0.4, -0.2) is 24.7 Å². The first-order valence-electron chi connectivity index (χ1n) is 4.89. The monoisotopic (exact) mass is 238 g/mol. The van der Waals surface area contributed by atoms with Gasteiger partial charge in [-0.15, -0.1) is 0 Å². The van der Waals surface area contributed by atoms with Crippen molar-refractivity contribution >= 4 is 5.97 Å². The second-order valence-corrected chi connectivity index (χ2v) is 3.06. The zero-order valence-corrected chi connectivity index (χ0v) is 9.44. The van der Waals surface area contributed by atoms with Crippen LogP contribution in [0.1, 0.15) is 18.4 Å². The standard InChI is InChI=1S/C11H11FN2O3/c1-3-17-11(15)8(5-13)7-4-10(16-2)14-6-9(7)12/h4,6,8H,3H2,1-2H3. The summed E-state index contributed by atoms with van der Waals surface area (Å²) in [5, 5.41) is 8.89. The third-order valence-corrected chi connectivity index (χ3v) is 2.03. The van der Waals surface area contributed by atoms with Crippen LogP contribution >= 0.6 is 0 Å². The number of pyridine rings is 1. The Bertz CT molecular complexity index is 457. The number of aromatic nitrogens is 1. The van der Waals surface area contributed by atoms with Crippen LogP contribution in [-0.2, 0) is 9.53 Å². The highest BCUT2D eigenvalue weighted by molar-refractivity contribution is 5.81. The van der Waals surface area contributed by atoms with Crippen LogP contribution in [0.15, 0.2) is 12.3 Å². The molecular weight excluding hydrogens is 227 g/mol. The van der Waals surface area contributed by atoms with E-state index in [0.29, 0.717) is 0 Å². The van der Waals surface area contributed by atoms with Gasteiger partial charge in [-0.3, -0.25) is 4.79 Å². The van der Waals surface area contributed by atoms with E-state index in [-0.39, 0.29) is 18.1 Å². The van der Waals surface area contributed by atoms with Crippen molar-refractivity contribution in [1.29, 1.82) is 5.26 Å². The molecule has 0 bridgehead atoms. The lowest BCUT2D eigenvalue weighted by Crippen LogP contribution is -2.16. The molecule has 0 aromatic carbocycles. The molecule has 0 saturated heterocycles. The maximum absolute atomic E-state index is 13.5. The number of esters is 1. The van der Waals surface area contributed by atoms with Gasteiger partial charge in [-0.05, 0) is 6.92 Å². The summed E-state index contributed by atoms with van der Waals surface area (Å²) in [7, 11) is 1.36. The molecule has 17 heavy (non-hydrogen) atoms. The van der Waals surface area contributed by atoms with Crippen LogP contribution in [0, 0.1) is 17.1 Å². The number of methoxy groups -OCH3 is 1. The number of nitriles is 1. The van der Waals surface area contributed by atoms with Crippen molar-refractivity contribution in [1.82, 2.24) is 4.98 Å². The molecule has 0 spiro atoms. The average Bonchev–Trinajstić information content (AvgIpc) is 2.33. The summed E-state index contributed by atoms with van der Waals surface area (Å²) in [4.78, 5) is 15.1. The van der Waals surface area contributed by atoms with E-state index in [1.807, 2.05) is 0 Å². The Kier molecular flexibility index (Phi) is 4.40. The van der Waals surface area contributed by atoms with Crippen LogP contribution in [0.4, 0.5) is 4.39 Å². The van der Waals surface area contributed by atoms with E-state index < -0.39 is 17.7 Å². The number of hydrogen-bond donors (Lipinski definition) is 0. The van der Waals surface area contributed by atoms with E-state index in [1.54, 1.807) is 13.0 Å². The molecule has 1 aromatic heterocycles. The van der Waals surface area contributed by atoms with Crippen LogP contribution in [0.25, 0.3) is 0 Å². The Morgan fingerprint density at radius 2 is 2.41 bits per heavy atom. The molecule has 90 valence electrons. The zero-order chi connectivity index (χ0) is 12.8. The molecule has 1 aromatic rings. The lowest BCUT2D eigenvalue weighted by Gasteiger charge is -2.10. The summed E-state index contributed by atoms with van der Waals surface area (Å²) < 4.78 is 23.0. The third-order valence-electron chi connectivity index (χ3n) is 2.03. The van der Waals surface area contributed by atoms with Crippen molar-refractivity contribution in [3.05, 3.63) is 23.6 Å². The predicted octanol–water partition coefficient (Wildman–Crippen LogP) is 1.40. The van der Waals surface area contributed by atoms with Crippen LogP contribution in [0.2, 0.25) is 0 Å². The number of rotatable bonds is 4. The van der Waals surface area contributed by atoms with Crippen LogP contribution in [0.3, 0.4) is 0 Å². The molecule has 1 unspecified atom stereocenters. The first-order chi connectivity index (χ1) is 8.13. The molecule has 0 aliphatic carbocycles. The first kappa shape index (κ1) is 12.9. The van der Waals surface area contributed by atoms with Crippen LogP contribution < -0.4 is 4.74 Å². The number of ether oxygens (including phenoxy) is 2. The minimum absolute atomic E-state index is 0.0993. The molecule has 0 fully saturated rings. The number of hydrogen-bond acceptors (Lipinski definition) is 5. The maximum atomic E-state index is 13.5. The topological polar surface area (TPSA) is 72.2 Å². The quantitative estimate of drug-likeness (QED) is 0.741. The fourth-order valence-corrected chi connectivity index (χ4v) is 1.24. The van der Waals surface area contributed by atoms with Gasteiger partial charge < -0.3 is 9.47 Å². The van der Waals surface area contributed by atoms with E-state index in [1.165, 1.54) is 13.2 Å². The van der Waals surface area contributed by atoms with Gasteiger partial charge in [0.05, 0.1) is 26.0 Å². The molecule has 5 nitrogen and oxygen atoms in total. The molecule has 0 N–H and O–H groups in total. The fourth-order valence-electron chi connectivity index (χ4n) is 1.24. The molecule has 0 amide bonds. The lowest BCUT2D eigenvalue weighted by molar-refractivity contribution is -0.143. The highest BCUT2D eigenvalue weighted by Crippen LogP contribution is 2.23. The predicted molar refractivity (Wildman–Crippen MR) is 55.7 cm³/mol. The SMILES string of the molecule is CCOC(=O)C(C#N)c1cc(OC)ncc1F. The largest absolute Gasteiger partial charge is 0.481 e. The minimum Gasteiger partial charge on any atom is -0.481 e. The summed E-state index contributed by atoms with van der Waals surface area (Å²) in [5.41, 5.74) is -0.0993. The fraction of sp³-hybridized carbons (Fsp3) is 0.364. The summed E-state index contributed by atoms with van der Waals surface area (Å²) >= 11 is 0. The normalized spacial score (nSPS) is 11.4. The second kappa shape index (κ2) is 5.80. The summed E-state index contributed by atoms with van der Waals surface area (Å²) in [5.74, 6) is -2.72. The molecule has 0 radical (unpaired) electrons. The first-order valence-corrected chi connectivity index (χ1v) is 4.89. The highest BCUT2D eigenvalue weighted by Gasteiger charge is 2.25. The Morgan fingerprint density at radius 1 is 1.71 bits per heavy atom. The van der Waals surface area contributed by atoms with Gasteiger partial charge >= 0.3 is 5.97 Å². The van der Waals surface area contributed by atoms with Gasteiger partial charge in [0.25, 0.3) is 0 Å². The van der Waals surface area contributed by atoms with Crippen molar-refractivity contribution in [2.75, 3.05) is 13.7 Å². The minimum atomic E-state index is -1.31. The van der Waals surface area contributed by atoms with Crippen LogP contribution in [0.5, 0.6) is 5.88 Å². The molecule has 6 heteroatoms. The molecule has 0 aliphatic heterocycles. The molecule has 1 atom stereocenters. The Balaban J connectivity index is 3.11. The number of carbonyl (C=O) groups excluding carboxylic acids is 1. The van der Waals surface area contributed by atoms with Crippen molar-refractivity contribution in [2.45, 2.75) is 12.8 Å². The molecular formula is C11H11FN2O3. The molecule has 0 aliphatic rings. The van der Waals surface area contributed by atoms with Crippen molar-refractivity contribution in [3.8, 4) is 11.9 Å². The van der Waals surface area contributed by atoms with Crippen molar-refractivity contribution < 1.29 is 18.7 Å². The highest BCUT2D eigenvalue weighted by atomic mass is 19.1. The van der Waals surface area contributed by atoms with E-state index in [0.717, 1.165) is 6.20 Å². The van der Waals surface area contributed by atoms with Gasteiger partial charge in [-0.25, -0.2) is 9.37 Å². The Morgan fingerprint density at radius 3 is 2.94 bits per heavy atom. The maximum Gasteiger partial charge on any atom is 0.328 e. The third kappa shape index (κ3) is 2.91. The van der Waals surface area contributed by atoms with E-state index in [4.69, 9.17) is 10.00 Å². The second-order valence-electron chi connectivity index (χ2n) is 3.06. The summed E-state index contributed by atoms with van der Waals surface area (Å²) in [6.45, 7) is 1.73. The average molecular weight is 238 g/mol. The van der Waals surface area contributed by atoms with E-state index >= 15 is 0 Å². The van der Waals surface area contributed by atoms with Gasteiger partial charge in [-0.2, -0.15) is 5.26 Å². The van der Waals surface area contributed by atoms with Gasteiger partial charge in [0.2, 0.25) is 5.88 Å². The molecule has 1 rings (SSSR count).